The molecule has 0 radical (unpaired) electrons. The summed E-state index contributed by atoms with van der Waals surface area (Å²) in [5, 5.41) is 0. The third-order valence-corrected chi connectivity index (χ3v) is 4.95. The van der Waals surface area contributed by atoms with Crippen molar-refractivity contribution < 1.29 is 13.9 Å². The van der Waals surface area contributed by atoms with Crippen LogP contribution in [0.3, 0.4) is 0 Å². The third kappa shape index (κ3) is 2.49. The maximum atomic E-state index is 13.2. The van der Waals surface area contributed by atoms with Crippen LogP contribution in [0.1, 0.15) is 12.0 Å². The molecule has 25 heavy (non-hydrogen) atoms. The van der Waals surface area contributed by atoms with E-state index in [1.54, 1.807) is 0 Å². The molecule has 1 aromatic heterocycles. The summed E-state index contributed by atoms with van der Waals surface area (Å²) in [5.74, 6) is 1.47. The number of aryl methyl sites for hydroxylation is 2. The number of benzene rings is 2. The number of nitrogens with zero attached hydrogens (tertiary/aromatic N) is 1. The van der Waals surface area contributed by atoms with E-state index >= 15 is 0 Å². The molecular weight excluding hydrogens is 317 g/mol. The number of ether oxygens (including phenoxy) is 2. The molecule has 0 saturated heterocycles. The fourth-order valence-corrected chi connectivity index (χ4v) is 3.66. The van der Waals surface area contributed by atoms with Crippen molar-refractivity contribution in [2.45, 2.75) is 19.4 Å². The van der Waals surface area contributed by atoms with Crippen molar-refractivity contribution >= 4 is 0 Å². The second-order valence-corrected chi connectivity index (χ2v) is 6.57. The molecule has 3 nitrogen and oxygen atoms in total. The molecule has 0 spiro atoms. The molecule has 0 aliphatic carbocycles. The number of fused-ring (bicyclic) bond motifs is 4. The van der Waals surface area contributed by atoms with E-state index < -0.39 is 0 Å². The van der Waals surface area contributed by atoms with Crippen LogP contribution in [-0.4, -0.2) is 17.8 Å². The van der Waals surface area contributed by atoms with Crippen molar-refractivity contribution in [3.05, 3.63) is 60.0 Å². The van der Waals surface area contributed by atoms with Gasteiger partial charge >= 0.3 is 0 Å². The first kappa shape index (κ1) is 14.6. The van der Waals surface area contributed by atoms with Gasteiger partial charge in [-0.25, -0.2) is 4.39 Å². The van der Waals surface area contributed by atoms with E-state index in [0.717, 1.165) is 42.0 Å². The zero-order chi connectivity index (χ0) is 16.8. The average Bonchev–Trinajstić information content (AvgIpc) is 2.94. The summed E-state index contributed by atoms with van der Waals surface area (Å²) in [7, 11) is 0. The van der Waals surface area contributed by atoms with E-state index in [-0.39, 0.29) is 5.82 Å². The van der Waals surface area contributed by atoms with Crippen molar-refractivity contribution in [2.24, 2.45) is 0 Å². The number of hydrogen-bond donors (Lipinski definition) is 0. The average molecular weight is 335 g/mol. The molecule has 0 saturated carbocycles. The Bertz CT molecular complexity index is 943. The highest BCUT2D eigenvalue weighted by molar-refractivity contribution is 5.76. The van der Waals surface area contributed by atoms with Crippen LogP contribution in [0.2, 0.25) is 0 Å². The van der Waals surface area contributed by atoms with Gasteiger partial charge in [-0.2, -0.15) is 0 Å². The lowest BCUT2D eigenvalue weighted by Crippen LogP contribution is -2.10. The molecule has 0 atom stereocenters. The Morgan fingerprint density at radius 1 is 0.880 bits per heavy atom. The minimum Gasteiger partial charge on any atom is -0.490 e. The molecule has 4 heteroatoms. The van der Waals surface area contributed by atoms with Gasteiger partial charge in [-0.1, -0.05) is 12.1 Å². The summed E-state index contributed by atoms with van der Waals surface area (Å²) in [6, 6.07) is 13.1. The number of hydrogen-bond acceptors (Lipinski definition) is 2. The lowest BCUT2D eigenvalue weighted by Gasteiger charge is -2.21. The Balaban J connectivity index is 1.60. The molecular formula is C21H18FNO2. The van der Waals surface area contributed by atoms with Crippen LogP contribution in [0.15, 0.2) is 48.7 Å². The zero-order valence-corrected chi connectivity index (χ0v) is 13.8. The molecule has 3 heterocycles. The Morgan fingerprint density at radius 3 is 2.44 bits per heavy atom. The second-order valence-electron chi connectivity index (χ2n) is 6.57. The van der Waals surface area contributed by atoms with Crippen LogP contribution >= 0.6 is 0 Å². The van der Waals surface area contributed by atoms with Gasteiger partial charge in [0.2, 0.25) is 0 Å². The molecule has 0 bridgehead atoms. The minimum atomic E-state index is -0.210. The Morgan fingerprint density at radius 2 is 1.64 bits per heavy atom. The zero-order valence-electron chi connectivity index (χ0n) is 13.8. The molecule has 0 amide bonds. The van der Waals surface area contributed by atoms with Gasteiger partial charge in [-0.15, -0.1) is 0 Å². The van der Waals surface area contributed by atoms with Crippen LogP contribution in [0.4, 0.5) is 4.39 Å². The highest BCUT2D eigenvalue weighted by Crippen LogP contribution is 2.41. The van der Waals surface area contributed by atoms with Gasteiger partial charge in [-0.3, -0.25) is 0 Å². The summed E-state index contributed by atoms with van der Waals surface area (Å²) in [4.78, 5) is 0. The maximum absolute atomic E-state index is 13.2. The van der Waals surface area contributed by atoms with Gasteiger partial charge in [0, 0.05) is 30.4 Å². The summed E-state index contributed by atoms with van der Waals surface area (Å²) in [6.45, 7) is 2.33. The smallest absolute Gasteiger partial charge is 0.161 e. The van der Waals surface area contributed by atoms with E-state index in [2.05, 4.69) is 29.0 Å². The SMILES string of the molecule is Fc1ccc(-c2cc3n(c2)CCc2cc4c(cc2-3)OCCCO4)cc1. The van der Waals surface area contributed by atoms with E-state index in [1.165, 1.54) is 29.0 Å². The minimum absolute atomic E-state index is 0.210. The van der Waals surface area contributed by atoms with Crippen LogP contribution in [0.25, 0.3) is 22.4 Å². The van der Waals surface area contributed by atoms with Crippen molar-refractivity contribution in [1.29, 1.82) is 0 Å². The number of rotatable bonds is 1. The largest absolute Gasteiger partial charge is 0.490 e. The molecule has 3 aromatic rings. The predicted octanol–water partition coefficient (Wildman–Crippen LogP) is 4.68. The van der Waals surface area contributed by atoms with E-state index in [1.807, 2.05) is 12.1 Å². The first-order valence-corrected chi connectivity index (χ1v) is 8.67. The summed E-state index contributed by atoms with van der Waals surface area (Å²) >= 11 is 0. The molecule has 126 valence electrons. The summed E-state index contributed by atoms with van der Waals surface area (Å²) in [6.07, 6.45) is 4.02. The fraction of sp³-hybridized carbons (Fsp3) is 0.238. The molecule has 2 aliphatic heterocycles. The van der Waals surface area contributed by atoms with Gasteiger partial charge in [0.25, 0.3) is 0 Å². The lowest BCUT2D eigenvalue weighted by atomic mass is 9.97. The van der Waals surface area contributed by atoms with Gasteiger partial charge in [0.05, 0.1) is 13.2 Å². The monoisotopic (exact) mass is 335 g/mol. The summed E-state index contributed by atoms with van der Waals surface area (Å²) < 4.78 is 27.1. The lowest BCUT2D eigenvalue weighted by molar-refractivity contribution is 0.297. The molecule has 0 unspecified atom stereocenters. The molecule has 2 aromatic carbocycles. The van der Waals surface area contributed by atoms with Crippen LogP contribution < -0.4 is 9.47 Å². The standard InChI is InChI=1S/C21H18FNO2/c22-17-4-2-14(3-5-17)16-10-19-18-12-21-20(24-8-1-9-25-21)11-15(18)6-7-23(19)13-16/h2-5,10-13H,1,6-9H2. The van der Waals surface area contributed by atoms with E-state index in [0.29, 0.717) is 13.2 Å². The number of halogens is 1. The quantitative estimate of drug-likeness (QED) is 0.645. The van der Waals surface area contributed by atoms with Gasteiger partial charge in [0.15, 0.2) is 11.5 Å². The molecule has 0 fully saturated rings. The molecule has 2 aliphatic rings. The molecule has 5 rings (SSSR count). The first-order chi connectivity index (χ1) is 12.3. The predicted molar refractivity (Wildman–Crippen MR) is 94.6 cm³/mol. The Labute approximate surface area is 145 Å². The Kier molecular flexibility index (Phi) is 3.30. The van der Waals surface area contributed by atoms with Crippen molar-refractivity contribution in [1.82, 2.24) is 4.57 Å². The van der Waals surface area contributed by atoms with Crippen LogP contribution in [-0.2, 0) is 13.0 Å². The van der Waals surface area contributed by atoms with Crippen molar-refractivity contribution in [3.8, 4) is 33.9 Å². The third-order valence-electron chi connectivity index (χ3n) is 4.95. The number of aromatic nitrogens is 1. The van der Waals surface area contributed by atoms with E-state index in [9.17, 15) is 4.39 Å². The highest BCUT2D eigenvalue weighted by Gasteiger charge is 2.22. The second kappa shape index (κ2) is 5.66. The van der Waals surface area contributed by atoms with Gasteiger partial charge in [-0.05, 0) is 53.4 Å². The van der Waals surface area contributed by atoms with Crippen molar-refractivity contribution in [3.63, 3.8) is 0 Å². The Hall–Kier alpha value is -2.75. The topological polar surface area (TPSA) is 23.4 Å². The van der Waals surface area contributed by atoms with Crippen LogP contribution in [0.5, 0.6) is 11.5 Å². The fourth-order valence-electron chi connectivity index (χ4n) is 3.66. The van der Waals surface area contributed by atoms with Gasteiger partial charge in [0.1, 0.15) is 5.82 Å². The van der Waals surface area contributed by atoms with Gasteiger partial charge < -0.3 is 14.0 Å². The summed E-state index contributed by atoms with van der Waals surface area (Å²) in [5.41, 5.74) is 5.80. The normalized spacial score (nSPS) is 15.2. The van der Waals surface area contributed by atoms with Crippen LogP contribution in [0, 0.1) is 5.82 Å². The van der Waals surface area contributed by atoms with Crippen molar-refractivity contribution in [2.75, 3.05) is 13.2 Å². The highest BCUT2D eigenvalue weighted by atomic mass is 19.1. The molecule has 0 N–H and O–H groups in total. The maximum Gasteiger partial charge on any atom is 0.161 e. The first-order valence-electron chi connectivity index (χ1n) is 8.67. The van der Waals surface area contributed by atoms with E-state index in [4.69, 9.17) is 9.47 Å².